The first kappa shape index (κ1) is 28.2. The van der Waals surface area contributed by atoms with Gasteiger partial charge in [-0.15, -0.1) is 6.58 Å². The van der Waals surface area contributed by atoms with Crippen LogP contribution in [-0.4, -0.2) is 56.2 Å². The Morgan fingerprint density at radius 2 is 1.69 bits per heavy atom. The van der Waals surface area contributed by atoms with Gasteiger partial charge in [0.15, 0.2) is 6.23 Å². The second kappa shape index (κ2) is 10.2. The van der Waals surface area contributed by atoms with Gasteiger partial charge in [-0.2, -0.15) is 0 Å². The summed E-state index contributed by atoms with van der Waals surface area (Å²) in [6, 6.07) is 1.23. The van der Waals surface area contributed by atoms with Crippen LogP contribution < -0.4 is 11.2 Å². The predicted octanol–water partition coefficient (Wildman–Crippen LogP) is 3.70. The molecular formula is C24H42N2O7Si2. The summed E-state index contributed by atoms with van der Waals surface area (Å²) >= 11 is 0. The van der Waals surface area contributed by atoms with Gasteiger partial charge in [0.2, 0.25) is 0 Å². The Labute approximate surface area is 210 Å². The molecule has 4 atom stereocenters. The molecule has 0 spiro atoms. The summed E-state index contributed by atoms with van der Waals surface area (Å²) in [4.78, 5) is 26.6. The van der Waals surface area contributed by atoms with Gasteiger partial charge >= 0.3 is 22.8 Å². The molecule has 198 valence electrons. The Kier molecular flexibility index (Phi) is 8.22. The monoisotopic (exact) mass is 526 g/mol. The van der Waals surface area contributed by atoms with E-state index >= 15 is 0 Å². The molecule has 0 bridgehead atoms. The Hall–Kier alpha value is -1.35. The predicted molar refractivity (Wildman–Crippen MR) is 139 cm³/mol. The molecule has 3 rings (SSSR count). The van der Waals surface area contributed by atoms with Crippen molar-refractivity contribution >= 4 is 17.1 Å². The van der Waals surface area contributed by atoms with Crippen LogP contribution in [0.15, 0.2) is 34.5 Å². The van der Waals surface area contributed by atoms with Gasteiger partial charge in [0.05, 0.1) is 6.61 Å². The fourth-order valence-corrected chi connectivity index (χ4v) is 16.9. The number of hydrogen-bond acceptors (Lipinski definition) is 7. The molecule has 35 heavy (non-hydrogen) atoms. The third kappa shape index (κ3) is 4.72. The molecule has 0 saturated carbocycles. The zero-order valence-electron chi connectivity index (χ0n) is 22.2. The third-order valence-electron chi connectivity index (χ3n) is 7.46. The van der Waals surface area contributed by atoms with Gasteiger partial charge in [-0.3, -0.25) is 14.3 Å². The number of fused-ring (bicyclic) bond motifs is 1. The van der Waals surface area contributed by atoms with Gasteiger partial charge < -0.3 is 22.8 Å². The van der Waals surface area contributed by atoms with E-state index in [-0.39, 0.29) is 35.2 Å². The van der Waals surface area contributed by atoms with E-state index < -0.39 is 52.4 Å². The van der Waals surface area contributed by atoms with Crippen LogP contribution in [0.5, 0.6) is 0 Å². The molecule has 0 unspecified atom stereocenters. The molecule has 2 N–H and O–H groups in total. The van der Waals surface area contributed by atoms with E-state index in [1.807, 2.05) is 0 Å². The van der Waals surface area contributed by atoms with E-state index in [4.69, 9.17) is 17.7 Å². The van der Waals surface area contributed by atoms with E-state index in [9.17, 15) is 14.7 Å². The molecule has 2 aliphatic heterocycles. The average Bonchev–Trinajstić information content (AvgIpc) is 2.98. The lowest BCUT2D eigenvalue weighted by atomic mass is 9.90. The van der Waals surface area contributed by atoms with Crippen molar-refractivity contribution in [3.8, 4) is 0 Å². The average molecular weight is 527 g/mol. The summed E-state index contributed by atoms with van der Waals surface area (Å²) in [6.45, 7) is 21.0. The maximum Gasteiger partial charge on any atom is 0.335 e. The smallest absolute Gasteiger partial charge is 0.335 e. The van der Waals surface area contributed by atoms with Crippen LogP contribution in [0.2, 0.25) is 22.2 Å². The minimum Gasteiger partial charge on any atom is -0.414 e. The van der Waals surface area contributed by atoms with Crippen molar-refractivity contribution in [3.63, 3.8) is 0 Å². The molecule has 2 aliphatic rings. The fraction of sp³-hybridized carbons (Fsp3) is 0.750. The molecule has 0 aliphatic carbocycles. The normalized spacial score (nSPS) is 30.5. The van der Waals surface area contributed by atoms with Gasteiger partial charge in [0, 0.05) is 18.7 Å². The first-order chi connectivity index (χ1) is 16.2. The second-order valence-corrected chi connectivity index (χ2v) is 19.9. The standard InChI is InChI=1S/C24H42N2O7Si2/c1-10-12-24(29)21-19(31-22(24)26-13-11-20(27)25-23(26)28)14-30-34(15(2)3,16(4)5)33-35(32-21,17(6)7)18(8)9/h10-11,13,15-19,21-22,29H,1,12,14H2,2-9H3,(H,25,27,28)/t19-,21-,22-,24-/m1/s1. The molecule has 11 heteroatoms. The Morgan fingerprint density at radius 1 is 1.11 bits per heavy atom. The van der Waals surface area contributed by atoms with Gasteiger partial charge in [0.1, 0.15) is 17.8 Å². The lowest BCUT2D eigenvalue weighted by Crippen LogP contribution is -2.67. The van der Waals surface area contributed by atoms with Crippen LogP contribution in [-0.2, 0) is 17.7 Å². The van der Waals surface area contributed by atoms with Crippen molar-refractivity contribution in [3.05, 3.63) is 45.8 Å². The summed E-state index contributed by atoms with van der Waals surface area (Å²) in [6.07, 6.45) is 0.499. The largest absolute Gasteiger partial charge is 0.414 e. The minimum atomic E-state index is -3.02. The van der Waals surface area contributed by atoms with Crippen LogP contribution >= 0.6 is 0 Å². The highest BCUT2D eigenvalue weighted by Gasteiger charge is 2.65. The summed E-state index contributed by atoms with van der Waals surface area (Å²) in [5.74, 6) is 0. The molecule has 1 aromatic rings. The van der Waals surface area contributed by atoms with Crippen molar-refractivity contribution in [2.45, 2.75) is 108 Å². The van der Waals surface area contributed by atoms with Gasteiger partial charge in [-0.1, -0.05) is 61.5 Å². The van der Waals surface area contributed by atoms with E-state index in [1.54, 1.807) is 6.08 Å². The van der Waals surface area contributed by atoms with Gasteiger partial charge in [-0.25, -0.2) is 4.79 Å². The minimum absolute atomic E-state index is 0.0667. The Bertz CT molecular complexity index is 1010. The summed E-state index contributed by atoms with van der Waals surface area (Å²) in [7, 11) is -5.81. The highest BCUT2D eigenvalue weighted by Crippen LogP contribution is 2.51. The first-order valence-electron chi connectivity index (χ1n) is 12.6. The number of hydrogen-bond donors (Lipinski definition) is 2. The van der Waals surface area contributed by atoms with Gasteiger partial charge in [0.25, 0.3) is 5.56 Å². The quantitative estimate of drug-likeness (QED) is 0.411. The number of rotatable bonds is 7. The summed E-state index contributed by atoms with van der Waals surface area (Å²) < 4.78 is 28.5. The molecule has 2 saturated heterocycles. The molecular weight excluding hydrogens is 484 g/mol. The summed E-state index contributed by atoms with van der Waals surface area (Å²) in [5.41, 5.74) is -2.35. The lowest BCUT2D eigenvalue weighted by Gasteiger charge is -2.52. The van der Waals surface area contributed by atoms with E-state index in [1.165, 1.54) is 16.8 Å². The van der Waals surface area contributed by atoms with Crippen molar-refractivity contribution < 1.29 is 22.8 Å². The number of H-pyrrole nitrogens is 1. The van der Waals surface area contributed by atoms with Gasteiger partial charge in [-0.05, 0) is 22.2 Å². The van der Waals surface area contributed by atoms with E-state index in [0.717, 1.165) is 0 Å². The van der Waals surface area contributed by atoms with E-state index in [2.05, 4.69) is 67.0 Å². The Morgan fingerprint density at radius 3 is 2.17 bits per heavy atom. The molecule has 2 fully saturated rings. The number of aliphatic hydroxyl groups is 1. The molecule has 1 aromatic heterocycles. The van der Waals surface area contributed by atoms with Crippen LogP contribution in [0.25, 0.3) is 0 Å². The zero-order chi connectivity index (χ0) is 26.3. The molecule has 0 amide bonds. The number of ether oxygens (including phenoxy) is 1. The topological polar surface area (TPSA) is 112 Å². The maximum absolute atomic E-state index is 12.7. The highest BCUT2D eigenvalue weighted by molar-refractivity contribution is 6.84. The number of nitrogens with zero attached hydrogens (tertiary/aromatic N) is 1. The third-order valence-corrected chi connectivity index (χ3v) is 17.7. The fourth-order valence-electron chi connectivity index (χ4n) is 5.61. The van der Waals surface area contributed by atoms with Crippen molar-refractivity contribution in [1.29, 1.82) is 0 Å². The van der Waals surface area contributed by atoms with Crippen LogP contribution in [0.3, 0.4) is 0 Å². The van der Waals surface area contributed by atoms with Crippen LogP contribution in [0.4, 0.5) is 0 Å². The summed E-state index contributed by atoms with van der Waals surface area (Å²) in [5, 5.41) is 12.1. The Balaban J connectivity index is 2.21. The molecule has 0 aromatic carbocycles. The molecule has 3 heterocycles. The van der Waals surface area contributed by atoms with Crippen LogP contribution in [0, 0.1) is 0 Å². The molecule has 9 nitrogen and oxygen atoms in total. The molecule has 0 radical (unpaired) electrons. The maximum atomic E-state index is 12.7. The van der Waals surface area contributed by atoms with Crippen LogP contribution in [0.1, 0.15) is 68.0 Å². The number of aromatic nitrogens is 2. The highest BCUT2D eigenvalue weighted by atomic mass is 28.5. The zero-order valence-corrected chi connectivity index (χ0v) is 24.2. The second-order valence-electron chi connectivity index (χ2n) is 11.0. The SMILES string of the molecule is C=CC[C@@]1(O)[C@@H]2O[Si](C(C)C)(C(C)C)O[Si](C(C)C)(C(C)C)OC[C@H]2O[C@H]1n1ccc(=O)[nH]c1=O. The van der Waals surface area contributed by atoms with E-state index in [0.29, 0.717) is 0 Å². The first-order valence-corrected chi connectivity index (χ1v) is 16.5. The number of nitrogens with one attached hydrogen (secondary N) is 1. The van der Waals surface area contributed by atoms with Crippen molar-refractivity contribution in [2.75, 3.05) is 6.61 Å². The lowest BCUT2D eigenvalue weighted by molar-refractivity contribution is -0.107. The number of aromatic amines is 1. The van der Waals surface area contributed by atoms with Crippen molar-refractivity contribution in [1.82, 2.24) is 9.55 Å². The van der Waals surface area contributed by atoms with Crippen molar-refractivity contribution in [2.24, 2.45) is 0 Å².